The minimum Gasteiger partial charge on any atom is -0.332 e. The van der Waals surface area contributed by atoms with Crippen molar-refractivity contribution in [3.63, 3.8) is 0 Å². The third-order valence-electron chi connectivity index (χ3n) is 4.95. The smallest absolute Gasteiger partial charge is 0.274 e. The van der Waals surface area contributed by atoms with Crippen molar-refractivity contribution in [1.82, 2.24) is 19.9 Å². The van der Waals surface area contributed by atoms with Crippen molar-refractivity contribution in [3.8, 4) is 5.69 Å². The van der Waals surface area contributed by atoms with Crippen molar-refractivity contribution in [1.29, 1.82) is 0 Å². The van der Waals surface area contributed by atoms with Crippen LogP contribution in [0.1, 0.15) is 42.6 Å². The Labute approximate surface area is 127 Å². The number of carbonyl (C=O) groups excluding carboxylic acids is 1. The topological polar surface area (TPSA) is 51.0 Å². The van der Waals surface area contributed by atoms with Gasteiger partial charge in [0.15, 0.2) is 5.69 Å². The van der Waals surface area contributed by atoms with Crippen molar-refractivity contribution < 1.29 is 9.18 Å². The Bertz CT molecular complexity index is 722. The molecule has 1 aromatic heterocycles. The molecule has 0 unspecified atom stereocenters. The highest BCUT2D eigenvalue weighted by Gasteiger charge is 2.48. The van der Waals surface area contributed by atoms with Crippen molar-refractivity contribution in [2.24, 2.45) is 0 Å². The number of hydrogen-bond acceptors (Lipinski definition) is 3. The SMILES string of the molecule is O=C(c1cnnn1-c1cccc(F)c1)N1CCCC12CCC2. The Morgan fingerprint density at radius 1 is 1.23 bits per heavy atom. The van der Waals surface area contributed by atoms with Crippen LogP contribution in [-0.2, 0) is 0 Å². The number of benzene rings is 1. The van der Waals surface area contributed by atoms with Crippen LogP contribution in [0.5, 0.6) is 0 Å². The summed E-state index contributed by atoms with van der Waals surface area (Å²) in [7, 11) is 0. The molecule has 1 aromatic carbocycles. The zero-order valence-electron chi connectivity index (χ0n) is 12.2. The van der Waals surface area contributed by atoms with Crippen molar-refractivity contribution in [2.75, 3.05) is 6.54 Å². The zero-order chi connectivity index (χ0) is 15.2. The van der Waals surface area contributed by atoms with E-state index in [1.807, 2.05) is 4.90 Å². The van der Waals surface area contributed by atoms with Gasteiger partial charge in [0.05, 0.1) is 11.9 Å². The van der Waals surface area contributed by atoms with Crippen LogP contribution < -0.4 is 0 Å². The molecule has 2 fully saturated rings. The summed E-state index contributed by atoms with van der Waals surface area (Å²) in [6.07, 6.45) is 6.96. The number of amides is 1. The minimum absolute atomic E-state index is 0.0496. The molecule has 22 heavy (non-hydrogen) atoms. The van der Waals surface area contributed by atoms with Crippen LogP contribution in [0.2, 0.25) is 0 Å². The second kappa shape index (κ2) is 4.90. The first-order valence-corrected chi connectivity index (χ1v) is 7.68. The van der Waals surface area contributed by atoms with Crippen LogP contribution in [0.15, 0.2) is 30.5 Å². The van der Waals surface area contributed by atoms with E-state index in [0.29, 0.717) is 11.4 Å². The fourth-order valence-corrected chi connectivity index (χ4v) is 3.68. The highest BCUT2D eigenvalue weighted by molar-refractivity contribution is 5.93. The van der Waals surface area contributed by atoms with E-state index in [0.717, 1.165) is 32.2 Å². The second-order valence-corrected chi connectivity index (χ2v) is 6.15. The summed E-state index contributed by atoms with van der Waals surface area (Å²) in [6.45, 7) is 0.785. The molecule has 0 atom stereocenters. The van der Waals surface area contributed by atoms with E-state index in [-0.39, 0.29) is 17.3 Å². The standard InChI is InChI=1S/C16H17FN4O/c17-12-4-1-5-13(10-12)21-14(11-18-19-21)15(22)20-9-3-8-16(20)6-2-7-16/h1,4-5,10-11H,2-3,6-9H2. The summed E-state index contributed by atoms with van der Waals surface area (Å²) in [4.78, 5) is 14.9. The lowest BCUT2D eigenvalue weighted by Crippen LogP contribution is -2.52. The maximum Gasteiger partial charge on any atom is 0.274 e. The lowest BCUT2D eigenvalue weighted by Gasteiger charge is -2.45. The molecule has 1 aliphatic heterocycles. The van der Waals surface area contributed by atoms with Gasteiger partial charge in [-0.15, -0.1) is 5.10 Å². The molecule has 1 saturated carbocycles. The molecule has 5 nitrogen and oxygen atoms in total. The molecular weight excluding hydrogens is 283 g/mol. The monoisotopic (exact) mass is 300 g/mol. The molecule has 4 rings (SSSR count). The first kappa shape index (κ1) is 13.4. The first-order chi connectivity index (χ1) is 10.7. The maximum atomic E-state index is 13.4. The molecule has 1 amide bonds. The van der Waals surface area contributed by atoms with Gasteiger partial charge < -0.3 is 4.90 Å². The third kappa shape index (κ3) is 1.94. The van der Waals surface area contributed by atoms with Gasteiger partial charge in [0.2, 0.25) is 0 Å². The molecule has 2 aromatic rings. The molecule has 0 N–H and O–H groups in total. The fraction of sp³-hybridized carbons (Fsp3) is 0.438. The number of aromatic nitrogens is 3. The van der Waals surface area contributed by atoms with Crippen molar-refractivity contribution >= 4 is 5.91 Å². The van der Waals surface area contributed by atoms with Gasteiger partial charge in [0.25, 0.3) is 5.91 Å². The average Bonchev–Trinajstić information content (AvgIpc) is 3.13. The Hall–Kier alpha value is -2.24. The first-order valence-electron chi connectivity index (χ1n) is 7.68. The van der Waals surface area contributed by atoms with E-state index >= 15 is 0 Å². The van der Waals surface area contributed by atoms with Gasteiger partial charge in [-0.2, -0.15) is 0 Å². The second-order valence-electron chi connectivity index (χ2n) is 6.15. The summed E-state index contributed by atoms with van der Waals surface area (Å²) in [5.41, 5.74) is 0.968. The van der Waals surface area contributed by atoms with E-state index < -0.39 is 0 Å². The lowest BCUT2D eigenvalue weighted by molar-refractivity contribution is 0.0358. The van der Waals surface area contributed by atoms with Crippen LogP contribution in [0.3, 0.4) is 0 Å². The molecule has 2 aliphatic rings. The highest BCUT2D eigenvalue weighted by Crippen LogP contribution is 2.45. The molecule has 1 saturated heterocycles. The van der Waals surface area contributed by atoms with E-state index in [2.05, 4.69) is 10.3 Å². The summed E-state index contributed by atoms with van der Waals surface area (Å²) in [5, 5.41) is 7.82. The Morgan fingerprint density at radius 2 is 2.05 bits per heavy atom. The number of likely N-dealkylation sites (tertiary alicyclic amines) is 1. The third-order valence-corrected chi connectivity index (χ3v) is 4.95. The number of nitrogens with zero attached hydrogens (tertiary/aromatic N) is 4. The van der Waals surface area contributed by atoms with Gasteiger partial charge in [-0.3, -0.25) is 4.79 Å². The molecule has 0 radical (unpaired) electrons. The summed E-state index contributed by atoms with van der Waals surface area (Å²) in [5.74, 6) is -0.408. The Morgan fingerprint density at radius 3 is 2.77 bits per heavy atom. The van der Waals surface area contributed by atoms with Crippen LogP contribution in [-0.4, -0.2) is 37.9 Å². The van der Waals surface area contributed by atoms with Gasteiger partial charge in [0.1, 0.15) is 5.82 Å². The number of halogens is 1. The van der Waals surface area contributed by atoms with Crippen LogP contribution >= 0.6 is 0 Å². The van der Waals surface area contributed by atoms with Crippen LogP contribution in [0.4, 0.5) is 4.39 Å². The van der Waals surface area contributed by atoms with Gasteiger partial charge in [-0.25, -0.2) is 9.07 Å². The number of carbonyl (C=O) groups is 1. The van der Waals surface area contributed by atoms with Crippen molar-refractivity contribution in [3.05, 3.63) is 42.0 Å². The van der Waals surface area contributed by atoms with Crippen LogP contribution in [0, 0.1) is 5.82 Å². The summed E-state index contributed by atoms with van der Waals surface area (Å²) < 4.78 is 14.8. The van der Waals surface area contributed by atoms with Gasteiger partial charge in [-0.1, -0.05) is 11.3 Å². The zero-order valence-corrected chi connectivity index (χ0v) is 12.2. The lowest BCUT2D eigenvalue weighted by atomic mass is 9.75. The summed E-state index contributed by atoms with van der Waals surface area (Å²) in [6, 6.07) is 6.04. The number of rotatable bonds is 2. The maximum absolute atomic E-state index is 13.4. The molecule has 6 heteroatoms. The summed E-state index contributed by atoms with van der Waals surface area (Å²) >= 11 is 0. The quantitative estimate of drug-likeness (QED) is 0.856. The molecule has 1 spiro atoms. The molecular formula is C16H17FN4O. The largest absolute Gasteiger partial charge is 0.332 e. The molecule has 0 bridgehead atoms. The van der Waals surface area contributed by atoms with E-state index in [1.165, 1.54) is 29.4 Å². The number of hydrogen-bond donors (Lipinski definition) is 0. The molecule has 1 aliphatic carbocycles. The van der Waals surface area contributed by atoms with Gasteiger partial charge >= 0.3 is 0 Å². The fourth-order valence-electron chi connectivity index (χ4n) is 3.68. The van der Waals surface area contributed by atoms with E-state index in [4.69, 9.17) is 0 Å². The van der Waals surface area contributed by atoms with Gasteiger partial charge in [0, 0.05) is 12.1 Å². The predicted octanol–water partition coefficient (Wildman–Crippen LogP) is 2.57. The average molecular weight is 300 g/mol. The van der Waals surface area contributed by atoms with Crippen molar-refractivity contribution in [2.45, 2.75) is 37.6 Å². The minimum atomic E-state index is -0.358. The van der Waals surface area contributed by atoms with E-state index in [9.17, 15) is 9.18 Å². The Balaban J connectivity index is 1.69. The predicted molar refractivity (Wildman–Crippen MR) is 78.2 cm³/mol. The van der Waals surface area contributed by atoms with Gasteiger partial charge in [-0.05, 0) is 50.3 Å². The van der Waals surface area contributed by atoms with Crippen LogP contribution in [0.25, 0.3) is 5.69 Å². The normalized spacial score (nSPS) is 19.4. The Kier molecular flexibility index (Phi) is 2.99. The molecule has 2 heterocycles. The molecule has 114 valence electrons. The van der Waals surface area contributed by atoms with E-state index in [1.54, 1.807) is 12.1 Å². The highest BCUT2D eigenvalue weighted by atomic mass is 19.1.